The van der Waals surface area contributed by atoms with E-state index in [1.807, 2.05) is 19.9 Å². The van der Waals surface area contributed by atoms with Crippen LogP contribution in [0.4, 0.5) is 0 Å². The van der Waals surface area contributed by atoms with Gasteiger partial charge in [-0.3, -0.25) is 0 Å². The maximum Gasteiger partial charge on any atom is 0.122 e. The molecule has 2 nitrogen and oxygen atoms in total. The third-order valence-electron chi connectivity index (χ3n) is 3.84. The van der Waals surface area contributed by atoms with Crippen LogP contribution >= 0.6 is 11.6 Å². The van der Waals surface area contributed by atoms with E-state index in [-0.39, 0.29) is 12.0 Å². The van der Waals surface area contributed by atoms with Crippen molar-refractivity contribution in [1.82, 2.24) is 0 Å². The normalized spacial score (nSPS) is 17.0. The number of aryl methyl sites for hydroxylation is 1. The molecule has 1 fully saturated rings. The molecule has 1 aliphatic rings. The fourth-order valence-electron chi connectivity index (χ4n) is 2.30. The van der Waals surface area contributed by atoms with Crippen molar-refractivity contribution in [3.05, 3.63) is 27.8 Å². The van der Waals surface area contributed by atoms with E-state index in [9.17, 15) is 5.11 Å². The van der Waals surface area contributed by atoms with Crippen molar-refractivity contribution < 1.29 is 9.84 Å². The van der Waals surface area contributed by atoms with E-state index in [1.165, 1.54) is 0 Å². The van der Waals surface area contributed by atoms with Crippen LogP contribution in [0.25, 0.3) is 0 Å². The van der Waals surface area contributed by atoms with Crippen LogP contribution in [-0.2, 0) is 6.42 Å². The molecule has 0 saturated heterocycles. The van der Waals surface area contributed by atoms with Crippen LogP contribution in [0.1, 0.15) is 29.5 Å². The van der Waals surface area contributed by atoms with E-state index >= 15 is 0 Å². The van der Waals surface area contributed by atoms with Crippen LogP contribution in [0.2, 0.25) is 5.02 Å². The zero-order valence-corrected chi connectivity index (χ0v) is 11.4. The van der Waals surface area contributed by atoms with Crippen LogP contribution in [0.5, 0.6) is 5.75 Å². The summed E-state index contributed by atoms with van der Waals surface area (Å²) >= 11 is 6.29. The number of aliphatic hydroxyl groups excluding tert-OH is 1. The molecule has 0 bridgehead atoms. The number of halogens is 1. The van der Waals surface area contributed by atoms with Gasteiger partial charge in [-0.15, -0.1) is 0 Å². The summed E-state index contributed by atoms with van der Waals surface area (Å²) in [6.07, 6.45) is 3.05. The summed E-state index contributed by atoms with van der Waals surface area (Å²) in [5, 5.41) is 10.2. The third-order valence-corrected chi connectivity index (χ3v) is 4.42. The van der Waals surface area contributed by atoms with Gasteiger partial charge in [-0.1, -0.05) is 11.6 Å². The maximum absolute atomic E-state index is 9.42. The average molecular weight is 255 g/mol. The Morgan fingerprint density at radius 1 is 1.41 bits per heavy atom. The number of hydrogen-bond acceptors (Lipinski definition) is 2. The Labute approximate surface area is 108 Å². The Morgan fingerprint density at radius 3 is 2.53 bits per heavy atom. The topological polar surface area (TPSA) is 29.5 Å². The lowest BCUT2D eigenvalue weighted by Gasteiger charge is -2.19. The Bertz CT molecular complexity index is 436. The number of aliphatic hydroxyl groups is 1. The predicted molar refractivity (Wildman–Crippen MR) is 69.9 cm³/mol. The third kappa shape index (κ3) is 2.29. The Hall–Kier alpha value is -0.730. The highest BCUT2D eigenvalue weighted by atomic mass is 35.5. The van der Waals surface area contributed by atoms with Gasteiger partial charge in [0.1, 0.15) is 5.75 Å². The molecule has 2 rings (SSSR count). The van der Waals surface area contributed by atoms with Gasteiger partial charge in [0.25, 0.3) is 0 Å². The quantitative estimate of drug-likeness (QED) is 0.894. The summed E-state index contributed by atoms with van der Waals surface area (Å²) in [5.41, 5.74) is 3.35. The lowest BCUT2D eigenvalue weighted by molar-refractivity contribution is 0.210. The summed E-state index contributed by atoms with van der Waals surface area (Å²) in [7, 11) is 1.68. The van der Waals surface area contributed by atoms with Crippen molar-refractivity contribution in [2.24, 2.45) is 5.41 Å². The first-order valence-corrected chi connectivity index (χ1v) is 6.34. The molecule has 0 heterocycles. The van der Waals surface area contributed by atoms with Crippen molar-refractivity contribution in [2.75, 3.05) is 13.7 Å². The zero-order chi connectivity index (χ0) is 12.6. The summed E-state index contributed by atoms with van der Waals surface area (Å²) < 4.78 is 5.44. The minimum atomic E-state index is 0.0800. The van der Waals surface area contributed by atoms with Gasteiger partial charge in [-0.2, -0.15) is 0 Å². The van der Waals surface area contributed by atoms with E-state index in [0.29, 0.717) is 0 Å². The van der Waals surface area contributed by atoms with Crippen molar-refractivity contribution in [3.8, 4) is 5.75 Å². The molecule has 1 aromatic carbocycles. The second kappa shape index (κ2) is 4.51. The fraction of sp³-hybridized carbons (Fsp3) is 0.571. The van der Waals surface area contributed by atoms with Gasteiger partial charge >= 0.3 is 0 Å². The van der Waals surface area contributed by atoms with Gasteiger partial charge in [0.2, 0.25) is 0 Å². The van der Waals surface area contributed by atoms with Crippen molar-refractivity contribution in [2.45, 2.75) is 33.1 Å². The molecule has 0 spiro atoms. The average Bonchev–Trinajstić information content (AvgIpc) is 3.10. The van der Waals surface area contributed by atoms with Gasteiger partial charge in [-0.05, 0) is 61.3 Å². The summed E-state index contributed by atoms with van der Waals surface area (Å²) in [5.74, 6) is 0.893. The molecule has 0 amide bonds. The molecule has 1 N–H and O–H groups in total. The van der Waals surface area contributed by atoms with Crippen LogP contribution < -0.4 is 4.74 Å². The molecule has 1 saturated carbocycles. The summed E-state index contributed by atoms with van der Waals surface area (Å²) in [4.78, 5) is 0. The highest BCUT2D eigenvalue weighted by Crippen LogP contribution is 2.50. The van der Waals surface area contributed by atoms with Gasteiger partial charge in [-0.25, -0.2) is 0 Å². The lowest BCUT2D eigenvalue weighted by atomic mass is 9.92. The minimum absolute atomic E-state index is 0.0800. The van der Waals surface area contributed by atoms with Gasteiger partial charge in [0.05, 0.1) is 7.11 Å². The highest BCUT2D eigenvalue weighted by Gasteiger charge is 2.42. The first-order valence-electron chi connectivity index (χ1n) is 5.96. The number of benzene rings is 1. The zero-order valence-electron chi connectivity index (χ0n) is 10.6. The standard InChI is InChI=1S/C14H19ClO2/c1-9-6-12(17-3)11(10(2)13(9)15)7-14(8-16)4-5-14/h6,16H,4-5,7-8H2,1-3H3. The number of rotatable bonds is 4. The Morgan fingerprint density at radius 2 is 2.06 bits per heavy atom. The van der Waals surface area contributed by atoms with Crippen molar-refractivity contribution in [1.29, 1.82) is 0 Å². The number of methoxy groups -OCH3 is 1. The fourth-order valence-corrected chi connectivity index (χ4v) is 2.47. The smallest absolute Gasteiger partial charge is 0.122 e. The Kier molecular flexibility index (Phi) is 3.37. The molecule has 0 aromatic heterocycles. The van der Waals surface area contributed by atoms with Crippen LogP contribution in [0.15, 0.2) is 6.07 Å². The molecule has 94 valence electrons. The van der Waals surface area contributed by atoms with E-state index in [2.05, 4.69) is 0 Å². The van der Waals surface area contributed by atoms with Crippen molar-refractivity contribution >= 4 is 11.6 Å². The lowest BCUT2D eigenvalue weighted by Crippen LogP contribution is -2.12. The van der Waals surface area contributed by atoms with E-state index < -0.39 is 0 Å². The monoisotopic (exact) mass is 254 g/mol. The van der Waals surface area contributed by atoms with Gasteiger partial charge in [0, 0.05) is 11.6 Å². The molecule has 3 heteroatoms. The van der Waals surface area contributed by atoms with Crippen LogP contribution in [0, 0.1) is 19.3 Å². The van der Waals surface area contributed by atoms with Gasteiger partial charge in [0.15, 0.2) is 0 Å². The largest absolute Gasteiger partial charge is 0.496 e. The van der Waals surface area contributed by atoms with E-state index in [1.54, 1.807) is 7.11 Å². The molecular formula is C14H19ClO2. The molecule has 0 radical (unpaired) electrons. The molecule has 0 aliphatic heterocycles. The van der Waals surface area contributed by atoms with E-state index in [0.717, 1.165) is 46.7 Å². The molecule has 17 heavy (non-hydrogen) atoms. The Balaban J connectivity index is 2.41. The number of hydrogen-bond donors (Lipinski definition) is 1. The predicted octanol–water partition coefficient (Wildman–Crippen LogP) is 3.28. The minimum Gasteiger partial charge on any atom is -0.496 e. The first kappa shape index (κ1) is 12.7. The van der Waals surface area contributed by atoms with Crippen LogP contribution in [-0.4, -0.2) is 18.8 Å². The number of ether oxygens (including phenoxy) is 1. The van der Waals surface area contributed by atoms with Crippen LogP contribution in [0.3, 0.4) is 0 Å². The van der Waals surface area contributed by atoms with Gasteiger partial charge < -0.3 is 9.84 Å². The highest BCUT2D eigenvalue weighted by molar-refractivity contribution is 6.32. The molecule has 0 atom stereocenters. The molecule has 1 aliphatic carbocycles. The SMILES string of the molecule is COc1cc(C)c(Cl)c(C)c1CC1(CO)CC1. The maximum atomic E-state index is 9.42. The first-order chi connectivity index (χ1) is 8.03. The molecule has 1 aromatic rings. The van der Waals surface area contributed by atoms with E-state index in [4.69, 9.17) is 16.3 Å². The molecule has 0 unspecified atom stereocenters. The molecular weight excluding hydrogens is 236 g/mol. The van der Waals surface area contributed by atoms with Crippen molar-refractivity contribution in [3.63, 3.8) is 0 Å². The summed E-state index contributed by atoms with van der Waals surface area (Å²) in [6.45, 7) is 4.27. The summed E-state index contributed by atoms with van der Waals surface area (Å²) in [6, 6.07) is 1.98. The second-order valence-electron chi connectivity index (χ2n) is 5.15. The second-order valence-corrected chi connectivity index (χ2v) is 5.53.